The first kappa shape index (κ1) is 55.8. The van der Waals surface area contributed by atoms with Gasteiger partial charge >= 0.3 is 17.9 Å². The molecule has 1 rings (SSSR count). The predicted octanol–water partition coefficient (Wildman–Crippen LogP) is 0.179. The average molecular weight is 903 g/mol. The Balaban J connectivity index is 2.93. The van der Waals surface area contributed by atoms with Gasteiger partial charge in [0.15, 0.2) is 17.3 Å². The van der Waals surface area contributed by atoms with E-state index in [0.717, 1.165) is 4.68 Å². The van der Waals surface area contributed by atoms with E-state index in [-0.39, 0.29) is 32.6 Å². The van der Waals surface area contributed by atoms with Crippen molar-refractivity contribution in [3.8, 4) is 0 Å². The van der Waals surface area contributed by atoms with Crippen molar-refractivity contribution in [2.45, 2.75) is 97.2 Å². The van der Waals surface area contributed by atoms with Gasteiger partial charge in [0.2, 0.25) is 17.7 Å². The lowest BCUT2D eigenvalue weighted by molar-refractivity contribution is -0.143. The summed E-state index contributed by atoms with van der Waals surface area (Å²) in [4.78, 5) is 114. The number of nitrogens with zero attached hydrogens (tertiary/aromatic N) is 3. The van der Waals surface area contributed by atoms with E-state index >= 15 is 0 Å². The zero-order chi connectivity index (χ0) is 47.3. The topological polar surface area (TPSA) is 318 Å². The van der Waals surface area contributed by atoms with Gasteiger partial charge in [0.05, 0.1) is 89.5 Å². The number of nitrogens with one attached hydrogen (secondary N) is 3. The minimum absolute atomic E-state index is 0.109. The number of halogens is 1. The first-order chi connectivity index (χ1) is 29.9. The number of methoxy groups -OCH3 is 1. The van der Waals surface area contributed by atoms with E-state index < -0.39 is 147 Å². The van der Waals surface area contributed by atoms with Gasteiger partial charge in [-0.25, -0.2) is 4.68 Å². The van der Waals surface area contributed by atoms with Gasteiger partial charge in [-0.05, 0) is 25.2 Å². The van der Waals surface area contributed by atoms with Crippen LogP contribution in [-0.4, -0.2) is 162 Å². The molecule has 22 nitrogen and oxygen atoms in total. The second-order valence-electron chi connectivity index (χ2n) is 15.1. The van der Waals surface area contributed by atoms with Gasteiger partial charge in [-0.2, -0.15) is 0 Å². The standard InChI is InChI=1S/C40H63FN6O16/c1-25(2)30(40(59)44-32(22-37(55)56)33(49)18-26(3)38(57)42-10-11-61-14-15-63-17-16-62-13-12-60-4)21-34(50)31(7-8-35(51)52)43-39(58)27(20-36(53)54)19-29(48)24-47-23-28(45-46-47)6-5-9-41/h23,25-27,30-32H,5-22,24H2,1-4H3,(H,42,57)(H,43,58)(H,44,59)(H,51,52)(H,53,54)(H,55,56)/t26-,27+,30+,31+,32+/m1/s1. The lowest BCUT2D eigenvalue weighted by Gasteiger charge is -2.26. The molecule has 0 spiro atoms. The van der Waals surface area contributed by atoms with Gasteiger partial charge in [0.25, 0.3) is 0 Å². The maximum absolute atomic E-state index is 13.7. The second kappa shape index (κ2) is 31.6. The number of aryl methyl sites for hydroxylation is 1. The van der Waals surface area contributed by atoms with Crippen molar-refractivity contribution >= 4 is 53.0 Å². The molecule has 356 valence electrons. The largest absolute Gasteiger partial charge is 0.481 e. The minimum atomic E-state index is -1.59. The maximum atomic E-state index is 13.7. The number of aliphatic carboxylic acids is 3. The molecule has 0 aliphatic carbocycles. The van der Waals surface area contributed by atoms with Crippen LogP contribution in [0.3, 0.4) is 0 Å². The van der Waals surface area contributed by atoms with Crippen molar-refractivity contribution in [2.75, 3.05) is 66.6 Å². The summed E-state index contributed by atoms with van der Waals surface area (Å²) in [5.41, 5.74) is 0.417. The van der Waals surface area contributed by atoms with Gasteiger partial charge in [-0.3, -0.25) is 47.5 Å². The van der Waals surface area contributed by atoms with E-state index in [0.29, 0.717) is 38.7 Å². The first-order valence-electron chi connectivity index (χ1n) is 20.7. The SMILES string of the molecule is COCCOCCOCCOCCNC(=O)[C@H](C)CC(=O)[C@H](CC(=O)O)NC(=O)[C@@H](CC(=O)[C@H](CCC(=O)O)NC(=O)[C@H](CC(=O)O)CC(=O)Cn1cc(CCCF)nn1)C(C)C. The highest BCUT2D eigenvalue weighted by molar-refractivity contribution is 5.97. The molecule has 0 radical (unpaired) electrons. The smallest absolute Gasteiger partial charge is 0.305 e. The molecule has 0 unspecified atom stereocenters. The van der Waals surface area contributed by atoms with Crippen molar-refractivity contribution in [2.24, 2.45) is 23.7 Å². The highest BCUT2D eigenvalue weighted by Gasteiger charge is 2.35. The van der Waals surface area contributed by atoms with E-state index in [1.807, 2.05) is 0 Å². The zero-order valence-electron chi connectivity index (χ0n) is 36.3. The number of ether oxygens (including phenoxy) is 4. The number of carboxylic acid groups (broad SMARTS) is 3. The Morgan fingerprint density at radius 3 is 1.87 bits per heavy atom. The third kappa shape index (κ3) is 24.8. The summed E-state index contributed by atoms with van der Waals surface area (Å²) in [6, 6.07) is -3.14. The highest BCUT2D eigenvalue weighted by atomic mass is 19.1. The Morgan fingerprint density at radius 1 is 0.714 bits per heavy atom. The Hall–Kier alpha value is -5.26. The van der Waals surface area contributed by atoms with Crippen LogP contribution in [0.2, 0.25) is 0 Å². The lowest BCUT2D eigenvalue weighted by atomic mass is 9.86. The van der Waals surface area contributed by atoms with Gasteiger partial charge in [-0.15, -0.1) is 5.10 Å². The number of hydrogen-bond acceptors (Lipinski definition) is 15. The van der Waals surface area contributed by atoms with E-state index in [1.54, 1.807) is 21.0 Å². The molecular formula is C40H63FN6O16. The van der Waals surface area contributed by atoms with Crippen LogP contribution in [0, 0.1) is 23.7 Å². The number of carbonyl (C=O) groups excluding carboxylic acids is 6. The van der Waals surface area contributed by atoms with Crippen LogP contribution in [0.15, 0.2) is 6.20 Å². The van der Waals surface area contributed by atoms with Crippen molar-refractivity contribution < 1.29 is 81.8 Å². The molecule has 0 saturated heterocycles. The fourth-order valence-electron chi connectivity index (χ4n) is 5.97. The quantitative estimate of drug-likeness (QED) is 0.0482. The summed E-state index contributed by atoms with van der Waals surface area (Å²) in [7, 11) is 1.57. The molecule has 0 aliphatic heterocycles. The summed E-state index contributed by atoms with van der Waals surface area (Å²) in [6.07, 6.45) is -2.56. The van der Waals surface area contributed by atoms with E-state index in [1.165, 1.54) is 13.1 Å². The molecule has 0 aliphatic rings. The Labute approximate surface area is 364 Å². The van der Waals surface area contributed by atoms with Gasteiger partial charge in [-0.1, -0.05) is 26.0 Å². The Kier molecular flexibility index (Phi) is 27.9. The molecule has 0 bridgehead atoms. The number of Topliss-reactive ketones (excluding diaryl/α,β-unsaturated/α-hetero) is 3. The fourth-order valence-corrected chi connectivity index (χ4v) is 5.97. The van der Waals surface area contributed by atoms with Crippen molar-refractivity contribution in [3.63, 3.8) is 0 Å². The summed E-state index contributed by atoms with van der Waals surface area (Å²) < 4.78 is 34.6. The van der Waals surface area contributed by atoms with Gasteiger partial charge in [0, 0.05) is 57.4 Å². The number of carboxylic acids is 3. The number of ketones is 3. The number of rotatable bonds is 38. The lowest BCUT2D eigenvalue weighted by Crippen LogP contribution is -2.49. The van der Waals surface area contributed by atoms with Gasteiger partial charge < -0.3 is 50.2 Å². The van der Waals surface area contributed by atoms with Crippen molar-refractivity contribution in [3.05, 3.63) is 11.9 Å². The van der Waals surface area contributed by atoms with Crippen LogP contribution in [0.25, 0.3) is 0 Å². The molecule has 1 heterocycles. The molecule has 0 aromatic carbocycles. The zero-order valence-corrected chi connectivity index (χ0v) is 36.3. The normalized spacial score (nSPS) is 13.6. The molecule has 0 saturated carbocycles. The molecule has 5 atom stereocenters. The Morgan fingerprint density at radius 2 is 1.30 bits per heavy atom. The van der Waals surface area contributed by atoms with Crippen LogP contribution in [-0.2, 0) is 75.1 Å². The van der Waals surface area contributed by atoms with E-state index in [4.69, 9.17) is 18.9 Å². The molecule has 3 amide bonds. The number of carbonyl (C=O) groups is 9. The van der Waals surface area contributed by atoms with Crippen molar-refractivity contribution in [1.29, 1.82) is 0 Å². The second-order valence-corrected chi connectivity index (χ2v) is 15.1. The highest BCUT2D eigenvalue weighted by Crippen LogP contribution is 2.21. The number of hydrogen-bond donors (Lipinski definition) is 6. The summed E-state index contributed by atoms with van der Waals surface area (Å²) in [5.74, 6) is -13.2. The van der Waals surface area contributed by atoms with Gasteiger partial charge in [0.1, 0.15) is 6.54 Å². The minimum Gasteiger partial charge on any atom is -0.481 e. The monoisotopic (exact) mass is 902 g/mol. The molecular weight excluding hydrogens is 839 g/mol. The Bertz CT molecular complexity index is 1640. The summed E-state index contributed by atoms with van der Waals surface area (Å²) in [6.45, 7) is 6.11. The molecule has 23 heteroatoms. The van der Waals surface area contributed by atoms with Crippen molar-refractivity contribution in [1.82, 2.24) is 30.9 Å². The predicted molar refractivity (Wildman–Crippen MR) is 217 cm³/mol. The third-order valence-electron chi connectivity index (χ3n) is 9.43. The molecule has 1 aromatic rings. The van der Waals surface area contributed by atoms with Crippen LogP contribution in [0.5, 0.6) is 0 Å². The molecule has 1 aromatic heterocycles. The summed E-state index contributed by atoms with van der Waals surface area (Å²) >= 11 is 0. The number of aromatic nitrogens is 3. The van der Waals surface area contributed by atoms with Crippen LogP contribution < -0.4 is 16.0 Å². The van der Waals surface area contributed by atoms with Crippen LogP contribution in [0.1, 0.15) is 77.8 Å². The molecule has 63 heavy (non-hydrogen) atoms. The summed E-state index contributed by atoms with van der Waals surface area (Å²) in [5, 5.41) is 43.4. The fraction of sp³-hybridized carbons (Fsp3) is 0.725. The average Bonchev–Trinajstić information content (AvgIpc) is 3.66. The van der Waals surface area contributed by atoms with Crippen LogP contribution >= 0.6 is 0 Å². The van der Waals surface area contributed by atoms with Crippen LogP contribution in [0.4, 0.5) is 4.39 Å². The maximum Gasteiger partial charge on any atom is 0.305 e. The van der Waals surface area contributed by atoms with E-state index in [2.05, 4.69) is 26.3 Å². The molecule has 0 fully saturated rings. The first-order valence-corrected chi connectivity index (χ1v) is 20.7. The van der Waals surface area contributed by atoms with E-state index in [9.17, 15) is 62.9 Å². The number of alkyl halides is 1. The third-order valence-corrected chi connectivity index (χ3v) is 9.43. The number of amides is 3. The molecule has 6 N–H and O–H groups in total.